The molecule has 0 aliphatic heterocycles. The summed E-state index contributed by atoms with van der Waals surface area (Å²) in [5.74, 6) is -0.196. The van der Waals surface area contributed by atoms with Crippen molar-refractivity contribution >= 4 is 41.1 Å². The highest BCUT2D eigenvalue weighted by Gasteiger charge is 2.20. The number of carbonyl (C=O) groups is 2. The molecule has 0 saturated heterocycles. The number of hydrogen-bond acceptors (Lipinski definition) is 6. The number of nitrogens with zero attached hydrogens (tertiary/aromatic N) is 2. The molecule has 0 spiro atoms. The molecule has 1 aromatic heterocycles. The van der Waals surface area contributed by atoms with Gasteiger partial charge in [-0.25, -0.2) is 14.8 Å². The highest BCUT2D eigenvalue weighted by Crippen LogP contribution is 2.31. The molecule has 25 heavy (non-hydrogen) atoms. The van der Waals surface area contributed by atoms with Crippen LogP contribution in [0.15, 0.2) is 29.4 Å². The fourth-order valence-corrected chi connectivity index (χ4v) is 3.10. The van der Waals surface area contributed by atoms with Crippen molar-refractivity contribution in [2.45, 2.75) is 30.7 Å². The van der Waals surface area contributed by atoms with E-state index in [0.29, 0.717) is 22.4 Å². The Morgan fingerprint density at radius 2 is 1.92 bits per heavy atom. The van der Waals surface area contributed by atoms with Crippen molar-refractivity contribution in [3.63, 3.8) is 0 Å². The van der Waals surface area contributed by atoms with E-state index in [9.17, 15) is 9.59 Å². The van der Waals surface area contributed by atoms with E-state index in [1.54, 1.807) is 19.1 Å². The van der Waals surface area contributed by atoms with Gasteiger partial charge in [0.15, 0.2) is 5.16 Å². The topological polar surface area (TPSA) is 124 Å². The lowest BCUT2D eigenvalue weighted by molar-refractivity contribution is -0.119. The first-order valence-electron chi connectivity index (χ1n) is 7.51. The van der Waals surface area contributed by atoms with Crippen molar-refractivity contribution in [2.24, 2.45) is 5.73 Å². The summed E-state index contributed by atoms with van der Waals surface area (Å²) in [6.45, 7) is 3.58. The highest BCUT2D eigenvalue weighted by atomic mass is 35.5. The number of carbonyl (C=O) groups excluding carboxylic acids is 2. The van der Waals surface area contributed by atoms with Gasteiger partial charge >= 0.3 is 6.03 Å². The van der Waals surface area contributed by atoms with Crippen LogP contribution in [0.1, 0.15) is 19.5 Å². The Kier molecular flexibility index (Phi) is 6.22. The molecule has 0 aliphatic rings. The second-order valence-corrected chi connectivity index (χ2v) is 6.93. The Balaban J connectivity index is 2.31. The summed E-state index contributed by atoms with van der Waals surface area (Å²) in [4.78, 5) is 31.3. The van der Waals surface area contributed by atoms with Gasteiger partial charge in [-0.05, 0) is 31.0 Å². The maximum atomic E-state index is 11.8. The van der Waals surface area contributed by atoms with Gasteiger partial charge in [0, 0.05) is 10.6 Å². The number of benzene rings is 1. The van der Waals surface area contributed by atoms with Crippen LogP contribution in [0.3, 0.4) is 0 Å². The molecule has 1 aromatic carbocycles. The predicted octanol–water partition coefficient (Wildman–Crippen LogP) is 2.62. The third-order valence-electron chi connectivity index (χ3n) is 3.36. The van der Waals surface area contributed by atoms with E-state index < -0.39 is 17.2 Å². The second kappa shape index (κ2) is 8.17. The SMILES string of the molecule is CCc1nc(S[C@H](C)C(=O)NC(N)=O)nc(N)c1-c1ccc(Cl)cc1. The summed E-state index contributed by atoms with van der Waals surface area (Å²) in [6.07, 6.45) is 0.639. The molecule has 0 fully saturated rings. The third kappa shape index (κ3) is 4.83. The number of aryl methyl sites for hydroxylation is 1. The van der Waals surface area contributed by atoms with Crippen molar-refractivity contribution < 1.29 is 9.59 Å². The van der Waals surface area contributed by atoms with E-state index in [1.165, 1.54) is 0 Å². The van der Waals surface area contributed by atoms with Crippen molar-refractivity contribution in [1.82, 2.24) is 15.3 Å². The molecule has 0 saturated carbocycles. The van der Waals surface area contributed by atoms with Crippen LogP contribution in [0.2, 0.25) is 5.02 Å². The van der Waals surface area contributed by atoms with E-state index >= 15 is 0 Å². The minimum atomic E-state index is -0.898. The van der Waals surface area contributed by atoms with Gasteiger partial charge in [0.1, 0.15) is 5.82 Å². The van der Waals surface area contributed by atoms with Crippen LogP contribution in [0.5, 0.6) is 0 Å². The molecule has 0 bridgehead atoms. The number of aromatic nitrogens is 2. The van der Waals surface area contributed by atoms with E-state index in [1.807, 2.05) is 24.4 Å². The highest BCUT2D eigenvalue weighted by molar-refractivity contribution is 8.00. The minimum absolute atomic E-state index is 0.319. The van der Waals surface area contributed by atoms with Crippen molar-refractivity contribution in [2.75, 3.05) is 5.73 Å². The number of primary amides is 1. The summed E-state index contributed by atoms with van der Waals surface area (Å²) in [6, 6.07) is 6.35. The number of urea groups is 1. The van der Waals surface area contributed by atoms with E-state index in [-0.39, 0.29) is 0 Å². The standard InChI is InChI=1S/C16H18ClN5O2S/c1-3-11-12(9-4-6-10(17)7-5-9)13(18)21-16(20-11)25-8(2)14(23)22-15(19)24/h4-8H,3H2,1-2H3,(H2,18,20,21)(H3,19,22,23,24)/t8-/m1/s1. The summed E-state index contributed by atoms with van der Waals surface area (Å²) in [5, 5.41) is 2.42. The first-order chi connectivity index (χ1) is 11.8. The molecule has 1 atom stereocenters. The summed E-state index contributed by atoms with van der Waals surface area (Å²) < 4.78 is 0. The first-order valence-corrected chi connectivity index (χ1v) is 8.76. The lowest BCUT2D eigenvalue weighted by atomic mass is 10.0. The Bertz CT molecular complexity index is 798. The van der Waals surface area contributed by atoms with Crippen LogP contribution < -0.4 is 16.8 Å². The quantitative estimate of drug-likeness (QED) is 0.541. The van der Waals surface area contributed by atoms with Gasteiger partial charge in [0.05, 0.1) is 10.9 Å². The maximum Gasteiger partial charge on any atom is 0.318 e. The zero-order chi connectivity index (χ0) is 18.6. The summed E-state index contributed by atoms with van der Waals surface area (Å²) >= 11 is 7.02. The Labute approximate surface area is 154 Å². The number of thioether (sulfide) groups is 1. The molecule has 2 aromatic rings. The van der Waals surface area contributed by atoms with Gasteiger partial charge < -0.3 is 11.5 Å². The molecule has 3 amide bonds. The lowest BCUT2D eigenvalue weighted by Gasteiger charge is -2.14. The zero-order valence-corrected chi connectivity index (χ0v) is 15.3. The number of amides is 3. The van der Waals surface area contributed by atoms with Crippen molar-refractivity contribution in [1.29, 1.82) is 0 Å². The van der Waals surface area contributed by atoms with Gasteiger partial charge in [-0.3, -0.25) is 10.1 Å². The first kappa shape index (κ1) is 19.0. The number of halogens is 1. The molecular weight excluding hydrogens is 362 g/mol. The number of nitrogens with one attached hydrogen (secondary N) is 1. The molecule has 0 unspecified atom stereocenters. The largest absolute Gasteiger partial charge is 0.383 e. The number of anilines is 1. The van der Waals surface area contributed by atoms with Crippen LogP contribution in [0.4, 0.5) is 10.6 Å². The zero-order valence-electron chi connectivity index (χ0n) is 13.7. The van der Waals surface area contributed by atoms with Crippen LogP contribution >= 0.6 is 23.4 Å². The smallest absolute Gasteiger partial charge is 0.318 e. The average molecular weight is 380 g/mol. The summed E-state index contributed by atoms with van der Waals surface area (Å²) in [7, 11) is 0. The maximum absolute atomic E-state index is 11.8. The Morgan fingerprint density at radius 1 is 1.28 bits per heavy atom. The number of nitrogens with two attached hydrogens (primary N) is 2. The molecule has 0 radical (unpaired) electrons. The minimum Gasteiger partial charge on any atom is -0.383 e. The third-order valence-corrected chi connectivity index (χ3v) is 4.57. The molecule has 132 valence electrons. The fraction of sp³-hybridized carbons (Fsp3) is 0.250. The van der Waals surface area contributed by atoms with Gasteiger partial charge in [0.2, 0.25) is 5.91 Å². The fourth-order valence-electron chi connectivity index (χ4n) is 2.18. The van der Waals surface area contributed by atoms with Gasteiger partial charge in [-0.2, -0.15) is 0 Å². The van der Waals surface area contributed by atoms with E-state index in [2.05, 4.69) is 9.97 Å². The molecule has 2 rings (SSSR count). The van der Waals surface area contributed by atoms with Crippen molar-refractivity contribution in [3.05, 3.63) is 35.0 Å². The molecule has 9 heteroatoms. The van der Waals surface area contributed by atoms with E-state index in [4.69, 9.17) is 23.1 Å². The average Bonchev–Trinajstić information content (AvgIpc) is 2.54. The Morgan fingerprint density at radius 3 is 2.48 bits per heavy atom. The van der Waals surface area contributed by atoms with E-state index in [0.717, 1.165) is 28.6 Å². The normalized spacial score (nSPS) is 11.8. The Hall–Kier alpha value is -2.32. The summed E-state index contributed by atoms with van der Waals surface area (Å²) in [5.41, 5.74) is 13.5. The van der Waals surface area contributed by atoms with Crippen LogP contribution in [-0.4, -0.2) is 27.2 Å². The molecule has 5 N–H and O–H groups in total. The van der Waals surface area contributed by atoms with Gasteiger partial charge in [-0.1, -0.05) is 42.4 Å². The predicted molar refractivity (Wildman–Crippen MR) is 99.3 cm³/mol. The van der Waals surface area contributed by atoms with Crippen LogP contribution in [0, 0.1) is 0 Å². The number of imide groups is 1. The van der Waals surface area contributed by atoms with Crippen LogP contribution in [0.25, 0.3) is 11.1 Å². The monoisotopic (exact) mass is 379 g/mol. The lowest BCUT2D eigenvalue weighted by Crippen LogP contribution is -2.39. The van der Waals surface area contributed by atoms with Crippen molar-refractivity contribution in [3.8, 4) is 11.1 Å². The number of rotatable bonds is 5. The van der Waals surface area contributed by atoms with Gasteiger partial charge in [0.25, 0.3) is 0 Å². The molecular formula is C16H18ClN5O2S. The molecule has 0 aliphatic carbocycles. The number of hydrogen-bond donors (Lipinski definition) is 3. The number of nitrogen functional groups attached to an aromatic ring is 1. The second-order valence-electron chi connectivity index (χ2n) is 5.19. The molecule has 7 nitrogen and oxygen atoms in total. The van der Waals surface area contributed by atoms with Gasteiger partial charge in [-0.15, -0.1) is 0 Å². The van der Waals surface area contributed by atoms with Crippen LogP contribution in [-0.2, 0) is 11.2 Å². The molecule has 1 heterocycles.